The van der Waals surface area contributed by atoms with E-state index in [4.69, 9.17) is 21.6 Å². The van der Waals surface area contributed by atoms with Crippen molar-refractivity contribution in [3.05, 3.63) is 77.0 Å². The number of carbonyl (C=O) groups is 3. The van der Waals surface area contributed by atoms with Crippen molar-refractivity contribution in [2.45, 2.75) is 40.2 Å². The molecular formula is C30H36N6O5. The van der Waals surface area contributed by atoms with Crippen LogP contribution in [0.1, 0.15) is 70.9 Å². The number of carboxylic acids is 1. The molecule has 0 spiro atoms. The third-order valence-electron chi connectivity index (χ3n) is 6.44. The number of benzene rings is 2. The highest BCUT2D eigenvalue weighted by atomic mass is 16.5. The molecule has 0 radical (unpaired) electrons. The summed E-state index contributed by atoms with van der Waals surface area (Å²) in [7, 11) is 0. The molecule has 0 aliphatic rings. The number of hydrogen-bond donors (Lipinski definition) is 6. The summed E-state index contributed by atoms with van der Waals surface area (Å²) in [5.74, 6) is -2.23. The Balaban J connectivity index is 2.03. The molecule has 3 aromatic rings. The Morgan fingerprint density at radius 2 is 1.63 bits per heavy atom. The minimum Gasteiger partial charge on any atom is -0.478 e. The molecule has 2 amide bonds. The van der Waals surface area contributed by atoms with Gasteiger partial charge in [-0.2, -0.15) is 0 Å². The molecule has 8 N–H and O–H groups in total. The van der Waals surface area contributed by atoms with Crippen LogP contribution in [0.5, 0.6) is 5.88 Å². The number of carboxylic acid groups (broad SMARTS) is 1. The molecule has 0 fully saturated rings. The van der Waals surface area contributed by atoms with Crippen LogP contribution >= 0.6 is 0 Å². The number of nitrogens with one attached hydrogen (secondary N) is 3. The fourth-order valence-electron chi connectivity index (χ4n) is 4.21. The Bertz CT molecular complexity index is 1450. The first kappa shape index (κ1) is 30.8. The number of nitrogen functional groups attached to an aromatic ring is 1. The summed E-state index contributed by atoms with van der Waals surface area (Å²) >= 11 is 0. The lowest BCUT2D eigenvalue weighted by Crippen LogP contribution is -2.44. The van der Waals surface area contributed by atoms with Crippen molar-refractivity contribution in [1.29, 1.82) is 5.41 Å². The van der Waals surface area contributed by atoms with Crippen LogP contribution in [0, 0.1) is 10.8 Å². The summed E-state index contributed by atoms with van der Waals surface area (Å²) in [5, 5.41) is 23.3. The number of nitrogens with zero attached hydrogens (tertiary/aromatic N) is 1. The number of pyridine rings is 1. The van der Waals surface area contributed by atoms with Crippen molar-refractivity contribution in [3.8, 4) is 17.0 Å². The molecule has 1 unspecified atom stereocenters. The van der Waals surface area contributed by atoms with E-state index in [0.29, 0.717) is 30.8 Å². The van der Waals surface area contributed by atoms with Gasteiger partial charge in [0.2, 0.25) is 5.88 Å². The minimum absolute atomic E-state index is 0.0676. The number of amides is 2. The van der Waals surface area contributed by atoms with Crippen LogP contribution in [-0.2, 0) is 0 Å². The molecule has 1 aromatic heterocycles. The first-order valence-corrected chi connectivity index (χ1v) is 13.1. The first-order valence-electron chi connectivity index (χ1n) is 13.1. The molecular weight excluding hydrogens is 524 g/mol. The maximum absolute atomic E-state index is 13.4. The quantitative estimate of drug-likeness (QED) is 0.150. The van der Waals surface area contributed by atoms with Gasteiger partial charge in [-0.25, -0.2) is 9.78 Å². The van der Waals surface area contributed by atoms with Crippen molar-refractivity contribution in [1.82, 2.24) is 10.3 Å². The standard InChI is InChI=1S/C30H36N6O5/c1-5-41-24-13-12-21(25(36-24)28(38)34-19-9-6-17(7-10-19)26(32)33)20-11-8-18(16-22(20)29(39)40)27(37)35-23(14-15-31)30(2,3)4/h6-13,16,23H,5,14-15,31H2,1-4H3,(H3,32,33)(H,34,38)(H,35,37)(H,39,40). The van der Waals surface area contributed by atoms with E-state index in [0.717, 1.165) is 0 Å². The molecule has 0 bridgehead atoms. The first-order chi connectivity index (χ1) is 19.3. The average molecular weight is 561 g/mol. The van der Waals surface area contributed by atoms with E-state index in [9.17, 15) is 19.5 Å². The predicted molar refractivity (Wildman–Crippen MR) is 158 cm³/mol. The van der Waals surface area contributed by atoms with Crippen molar-refractivity contribution >= 4 is 29.3 Å². The van der Waals surface area contributed by atoms with E-state index in [1.165, 1.54) is 18.2 Å². The van der Waals surface area contributed by atoms with E-state index >= 15 is 0 Å². The molecule has 0 aliphatic heterocycles. The maximum atomic E-state index is 13.4. The Morgan fingerprint density at radius 3 is 2.20 bits per heavy atom. The van der Waals surface area contributed by atoms with Crippen molar-refractivity contribution < 1.29 is 24.2 Å². The van der Waals surface area contributed by atoms with Gasteiger partial charge in [0.15, 0.2) is 0 Å². The summed E-state index contributed by atoms with van der Waals surface area (Å²) < 4.78 is 5.49. The number of nitrogens with two attached hydrogens (primary N) is 2. The fourth-order valence-corrected chi connectivity index (χ4v) is 4.21. The zero-order valence-electron chi connectivity index (χ0n) is 23.6. The third-order valence-corrected chi connectivity index (χ3v) is 6.44. The monoisotopic (exact) mass is 560 g/mol. The highest BCUT2D eigenvalue weighted by Gasteiger charge is 2.27. The van der Waals surface area contributed by atoms with Crippen LogP contribution in [0.2, 0.25) is 0 Å². The van der Waals surface area contributed by atoms with Crippen molar-refractivity contribution in [2.24, 2.45) is 16.9 Å². The predicted octanol–water partition coefficient (Wildman–Crippen LogP) is 3.88. The number of hydrogen-bond acceptors (Lipinski definition) is 7. The van der Waals surface area contributed by atoms with Gasteiger partial charge in [0, 0.05) is 34.5 Å². The van der Waals surface area contributed by atoms with Gasteiger partial charge in [-0.05, 0) is 73.3 Å². The lowest BCUT2D eigenvalue weighted by molar-refractivity contribution is 0.0697. The number of ether oxygens (including phenoxy) is 1. The van der Waals surface area contributed by atoms with Gasteiger partial charge in [0.1, 0.15) is 11.5 Å². The summed E-state index contributed by atoms with van der Waals surface area (Å²) in [6, 6.07) is 13.5. The van der Waals surface area contributed by atoms with Crippen LogP contribution in [0.4, 0.5) is 5.69 Å². The normalized spacial score (nSPS) is 11.8. The lowest BCUT2D eigenvalue weighted by atomic mass is 9.84. The Labute approximate surface area is 238 Å². The second-order valence-electron chi connectivity index (χ2n) is 10.5. The van der Waals surface area contributed by atoms with Gasteiger partial charge in [-0.15, -0.1) is 0 Å². The Kier molecular flexibility index (Phi) is 9.80. The largest absolute Gasteiger partial charge is 0.478 e. The minimum atomic E-state index is -1.27. The van der Waals surface area contributed by atoms with Crippen molar-refractivity contribution in [3.63, 3.8) is 0 Å². The molecule has 1 atom stereocenters. The highest BCUT2D eigenvalue weighted by Crippen LogP contribution is 2.30. The summed E-state index contributed by atoms with van der Waals surface area (Å²) in [4.78, 5) is 43.2. The van der Waals surface area contributed by atoms with Crippen LogP contribution < -0.4 is 26.8 Å². The molecule has 1 heterocycles. The van der Waals surface area contributed by atoms with E-state index in [2.05, 4.69) is 15.6 Å². The number of aromatic carboxylic acids is 1. The summed E-state index contributed by atoms with van der Waals surface area (Å²) in [6.45, 7) is 8.44. The molecule has 0 saturated carbocycles. The second kappa shape index (κ2) is 13.1. The summed E-state index contributed by atoms with van der Waals surface area (Å²) in [6.07, 6.45) is 0.562. The topological polar surface area (TPSA) is 194 Å². The number of anilines is 1. The average Bonchev–Trinajstić information content (AvgIpc) is 2.92. The van der Waals surface area contributed by atoms with Crippen LogP contribution in [0.25, 0.3) is 11.1 Å². The van der Waals surface area contributed by atoms with Gasteiger partial charge in [-0.1, -0.05) is 26.8 Å². The SMILES string of the molecule is CCOc1ccc(-c2ccc(C(=O)NC(CCN)C(C)(C)C)cc2C(=O)O)c(C(=O)Nc2ccc(C(=N)N)cc2)n1. The number of aromatic nitrogens is 1. The van der Waals surface area contributed by atoms with E-state index < -0.39 is 17.8 Å². The Hall–Kier alpha value is -4.77. The molecule has 216 valence electrons. The molecule has 11 heteroatoms. The fraction of sp³-hybridized carbons (Fsp3) is 0.300. The molecule has 3 rings (SSSR count). The third kappa shape index (κ3) is 7.67. The van der Waals surface area contributed by atoms with E-state index in [-0.39, 0.29) is 51.1 Å². The zero-order chi connectivity index (χ0) is 30.3. The van der Waals surface area contributed by atoms with Gasteiger partial charge < -0.3 is 31.9 Å². The maximum Gasteiger partial charge on any atom is 0.336 e. The van der Waals surface area contributed by atoms with Gasteiger partial charge in [0.25, 0.3) is 11.8 Å². The van der Waals surface area contributed by atoms with Crippen LogP contribution in [-0.4, -0.2) is 52.9 Å². The van der Waals surface area contributed by atoms with Crippen LogP contribution in [0.15, 0.2) is 54.6 Å². The van der Waals surface area contributed by atoms with Gasteiger partial charge in [0.05, 0.1) is 12.2 Å². The van der Waals surface area contributed by atoms with Crippen LogP contribution in [0.3, 0.4) is 0 Å². The van der Waals surface area contributed by atoms with E-state index in [1.54, 1.807) is 43.3 Å². The van der Waals surface area contributed by atoms with E-state index in [1.807, 2.05) is 20.8 Å². The van der Waals surface area contributed by atoms with Gasteiger partial charge in [-0.3, -0.25) is 15.0 Å². The highest BCUT2D eigenvalue weighted by molar-refractivity contribution is 6.10. The molecule has 2 aromatic carbocycles. The summed E-state index contributed by atoms with van der Waals surface area (Å²) in [5.41, 5.74) is 12.3. The smallest absolute Gasteiger partial charge is 0.336 e. The molecule has 11 nitrogen and oxygen atoms in total. The van der Waals surface area contributed by atoms with Gasteiger partial charge >= 0.3 is 5.97 Å². The molecule has 0 saturated heterocycles. The number of amidine groups is 1. The Morgan fingerprint density at radius 1 is 1.00 bits per heavy atom. The number of carbonyl (C=O) groups excluding carboxylic acids is 2. The zero-order valence-corrected chi connectivity index (χ0v) is 23.6. The second-order valence-corrected chi connectivity index (χ2v) is 10.5. The molecule has 0 aliphatic carbocycles. The van der Waals surface area contributed by atoms with Crippen molar-refractivity contribution in [2.75, 3.05) is 18.5 Å². The lowest BCUT2D eigenvalue weighted by Gasteiger charge is -2.31. The molecule has 41 heavy (non-hydrogen) atoms. The number of rotatable bonds is 11.